The van der Waals surface area contributed by atoms with E-state index in [1.807, 2.05) is 6.07 Å². The van der Waals surface area contributed by atoms with Crippen LogP contribution in [0.3, 0.4) is 0 Å². The van der Waals surface area contributed by atoms with Gasteiger partial charge in [-0.2, -0.15) is 17.9 Å². The van der Waals surface area contributed by atoms with Crippen molar-refractivity contribution in [3.05, 3.63) is 28.5 Å². The summed E-state index contributed by atoms with van der Waals surface area (Å²) in [5.74, 6) is 5.95. The van der Waals surface area contributed by atoms with Crippen LogP contribution >= 0.6 is 24.2 Å². The number of halogens is 1. The molecule has 0 bridgehead atoms. The summed E-state index contributed by atoms with van der Waals surface area (Å²) in [6.45, 7) is 0. The zero-order chi connectivity index (χ0) is 9.68. The number of hydrogen-bond acceptors (Lipinski definition) is 3. The van der Waals surface area contributed by atoms with Crippen LogP contribution in [0.2, 0.25) is 5.15 Å². The number of rotatable bonds is 0. The second-order valence-electron chi connectivity index (χ2n) is 2.13. The highest BCUT2D eigenvalue weighted by atomic mass is 35.5. The fourth-order valence-electron chi connectivity index (χ4n) is 0.732. The van der Waals surface area contributed by atoms with E-state index in [-0.39, 0.29) is 0 Å². The molecule has 13 heavy (non-hydrogen) atoms. The average Bonchev–Trinajstić information content (AvgIpc) is 2.17. The fraction of sp³-hybridized carbons (Fsp3) is 0.111. The minimum absolute atomic E-state index is 0.313. The van der Waals surface area contributed by atoms with Gasteiger partial charge >= 0.3 is 0 Å². The van der Waals surface area contributed by atoms with E-state index in [9.17, 15) is 0 Å². The van der Waals surface area contributed by atoms with Crippen LogP contribution in [-0.4, -0.2) is 10.7 Å². The molecular formula is C9H5ClN2S. The van der Waals surface area contributed by atoms with Crippen LogP contribution in [0.1, 0.15) is 11.1 Å². The van der Waals surface area contributed by atoms with Crippen molar-refractivity contribution >= 4 is 24.2 Å². The van der Waals surface area contributed by atoms with E-state index < -0.39 is 0 Å². The lowest BCUT2D eigenvalue weighted by Crippen LogP contribution is -1.85. The minimum atomic E-state index is 0.313. The highest BCUT2D eigenvalue weighted by Crippen LogP contribution is 2.12. The number of aromatic nitrogens is 1. The first kappa shape index (κ1) is 9.92. The van der Waals surface area contributed by atoms with Crippen LogP contribution in [0.25, 0.3) is 0 Å². The lowest BCUT2D eigenvalue weighted by atomic mass is 10.2. The lowest BCUT2D eigenvalue weighted by molar-refractivity contribution is 1.29. The van der Waals surface area contributed by atoms with Crippen molar-refractivity contribution in [2.24, 2.45) is 0 Å². The summed E-state index contributed by atoms with van der Waals surface area (Å²) in [7, 11) is 0. The van der Waals surface area contributed by atoms with Gasteiger partial charge in [0.2, 0.25) is 0 Å². The maximum absolute atomic E-state index is 8.58. The molecule has 0 aliphatic rings. The number of hydrogen-bond donors (Lipinski definition) is 1. The van der Waals surface area contributed by atoms with E-state index in [2.05, 4.69) is 29.5 Å². The van der Waals surface area contributed by atoms with Crippen LogP contribution in [0.5, 0.6) is 0 Å². The third kappa shape index (κ3) is 2.66. The third-order valence-electron chi connectivity index (χ3n) is 1.27. The molecule has 1 aromatic heterocycles. The van der Waals surface area contributed by atoms with Gasteiger partial charge in [0.05, 0.1) is 16.9 Å². The Kier molecular flexibility index (Phi) is 3.64. The van der Waals surface area contributed by atoms with Gasteiger partial charge in [-0.1, -0.05) is 23.4 Å². The Morgan fingerprint density at radius 2 is 2.38 bits per heavy atom. The Morgan fingerprint density at radius 3 is 3.00 bits per heavy atom. The molecule has 0 aromatic carbocycles. The molecule has 1 heterocycles. The monoisotopic (exact) mass is 208 g/mol. The first-order valence-corrected chi connectivity index (χ1v) is 4.44. The molecule has 0 saturated heterocycles. The van der Waals surface area contributed by atoms with Gasteiger partial charge in [0, 0.05) is 6.20 Å². The molecule has 0 spiro atoms. The third-order valence-corrected chi connectivity index (χ3v) is 1.73. The van der Waals surface area contributed by atoms with Gasteiger partial charge in [0.25, 0.3) is 0 Å². The summed E-state index contributed by atoms with van der Waals surface area (Å²) in [4.78, 5) is 3.82. The molecule has 0 aliphatic heterocycles. The normalized spacial score (nSPS) is 8.38. The highest BCUT2D eigenvalue weighted by molar-refractivity contribution is 7.80. The standard InChI is InChI=1S/C9H5ClN2S/c10-9-8(2-1-3-13)4-7(5-11)6-12-9/h4,6,13H,3H2. The maximum atomic E-state index is 8.58. The predicted molar refractivity (Wildman–Crippen MR) is 54.7 cm³/mol. The van der Waals surface area contributed by atoms with Crippen LogP contribution in [0.4, 0.5) is 0 Å². The van der Waals surface area contributed by atoms with Gasteiger partial charge in [-0.3, -0.25) is 0 Å². The molecule has 0 atom stereocenters. The number of nitrogens with zero attached hydrogens (tertiary/aromatic N) is 2. The largest absolute Gasteiger partial charge is 0.242 e. The SMILES string of the molecule is N#Cc1cnc(Cl)c(C#CCS)c1. The molecule has 0 fully saturated rings. The number of pyridine rings is 1. The smallest absolute Gasteiger partial charge is 0.144 e. The molecular weight excluding hydrogens is 204 g/mol. The van der Waals surface area contributed by atoms with E-state index in [0.29, 0.717) is 22.0 Å². The van der Waals surface area contributed by atoms with Crippen molar-refractivity contribution in [2.75, 3.05) is 5.75 Å². The summed E-state index contributed by atoms with van der Waals surface area (Å²) < 4.78 is 0. The van der Waals surface area contributed by atoms with Gasteiger partial charge in [-0.15, -0.1) is 0 Å². The summed E-state index contributed by atoms with van der Waals surface area (Å²) in [5, 5.41) is 8.90. The zero-order valence-corrected chi connectivity index (χ0v) is 8.23. The van der Waals surface area contributed by atoms with Gasteiger partial charge in [0.1, 0.15) is 11.2 Å². The van der Waals surface area contributed by atoms with E-state index in [1.165, 1.54) is 6.20 Å². The molecule has 0 unspecified atom stereocenters. The molecule has 0 saturated carbocycles. The second kappa shape index (κ2) is 4.77. The molecule has 0 N–H and O–H groups in total. The van der Waals surface area contributed by atoms with Crippen molar-refractivity contribution in [3.8, 4) is 17.9 Å². The van der Waals surface area contributed by atoms with E-state index in [1.54, 1.807) is 6.07 Å². The van der Waals surface area contributed by atoms with E-state index in [0.717, 1.165) is 0 Å². The second-order valence-corrected chi connectivity index (χ2v) is 2.81. The zero-order valence-electron chi connectivity index (χ0n) is 6.58. The summed E-state index contributed by atoms with van der Waals surface area (Å²) in [5.41, 5.74) is 1.02. The van der Waals surface area contributed by atoms with Crippen molar-refractivity contribution in [1.29, 1.82) is 5.26 Å². The molecule has 0 amide bonds. The number of thiol groups is 1. The first-order chi connectivity index (χ1) is 6.27. The van der Waals surface area contributed by atoms with Gasteiger partial charge in [-0.05, 0) is 6.07 Å². The molecule has 0 aliphatic carbocycles. The molecule has 64 valence electrons. The molecule has 4 heteroatoms. The Balaban J connectivity index is 3.13. The summed E-state index contributed by atoms with van der Waals surface area (Å²) in [6, 6.07) is 3.57. The van der Waals surface area contributed by atoms with Gasteiger partial charge in [-0.25, -0.2) is 4.98 Å². The van der Waals surface area contributed by atoms with Crippen molar-refractivity contribution in [3.63, 3.8) is 0 Å². The van der Waals surface area contributed by atoms with Crippen molar-refractivity contribution in [1.82, 2.24) is 4.98 Å². The number of nitriles is 1. The van der Waals surface area contributed by atoms with Crippen LogP contribution in [-0.2, 0) is 0 Å². The summed E-state index contributed by atoms with van der Waals surface area (Å²) in [6.07, 6.45) is 1.41. The van der Waals surface area contributed by atoms with E-state index >= 15 is 0 Å². The molecule has 1 rings (SSSR count). The van der Waals surface area contributed by atoms with Gasteiger partial charge in [0.15, 0.2) is 0 Å². The van der Waals surface area contributed by atoms with Gasteiger partial charge < -0.3 is 0 Å². The maximum Gasteiger partial charge on any atom is 0.144 e. The minimum Gasteiger partial charge on any atom is -0.242 e. The Bertz CT molecular complexity index is 412. The van der Waals surface area contributed by atoms with Crippen molar-refractivity contribution in [2.45, 2.75) is 0 Å². The molecule has 2 nitrogen and oxygen atoms in total. The predicted octanol–water partition coefficient (Wildman–Crippen LogP) is 1.89. The van der Waals surface area contributed by atoms with Crippen LogP contribution in [0, 0.1) is 23.2 Å². The quantitative estimate of drug-likeness (QED) is 0.402. The Labute approximate surface area is 87.0 Å². The average molecular weight is 209 g/mol. The highest BCUT2D eigenvalue weighted by Gasteiger charge is 1.99. The topological polar surface area (TPSA) is 36.7 Å². The summed E-state index contributed by atoms with van der Waals surface area (Å²) >= 11 is 9.67. The van der Waals surface area contributed by atoms with Crippen molar-refractivity contribution < 1.29 is 0 Å². The Morgan fingerprint density at radius 1 is 1.62 bits per heavy atom. The van der Waals surface area contributed by atoms with E-state index in [4.69, 9.17) is 16.9 Å². The fourth-order valence-corrected chi connectivity index (χ4v) is 0.961. The first-order valence-electron chi connectivity index (χ1n) is 3.43. The molecule has 1 aromatic rings. The van der Waals surface area contributed by atoms with Crippen LogP contribution in [0.15, 0.2) is 12.3 Å². The lowest BCUT2D eigenvalue weighted by Gasteiger charge is -1.93. The molecule has 0 radical (unpaired) electrons. The Hall–Kier alpha value is -1.16. The van der Waals surface area contributed by atoms with Crippen LogP contribution < -0.4 is 0 Å².